The van der Waals surface area contributed by atoms with Gasteiger partial charge in [-0.25, -0.2) is 9.97 Å². The molecule has 2 aromatic carbocycles. The van der Waals surface area contributed by atoms with E-state index >= 15 is 0 Å². The molecule has 0 atom stereocenters. The van der Waals surface area contributed by atoms with Crippen molar-refractivity contribution in [3.8, 4) is 11.1 Å². The average molecular weight is 348 g/mol. The van der Waals surface area contributed by atoms with Crippen LogP contribution in [-0.4, -0.2) is 29.1 Å². The monoisotopic (exact) mass is 348 g/mol. The number of ether oxygens (including phenoxy) is 1. The molecule has 0 aliphatic carbocycles. The van der Waals surface area contributed by atoms with Gasteiger partial charge in [-0.15, -0.1) is 0 Å². The van der Waals surface area contributed by atoms with Gasteiger partial charge in [0.1, 0.15) is 12.1 Å². The highest BCUT2D eigenvalue weighted by molar-refractivity contribution is 5.94. The van der Waals surface area contributed by atoms with E-state index in [1.54, 1.807) is 0 Å². The van der Waals surface area contributed by atoms with E-state index < -0.39 is 0 Å². The summed E-state index contributed by atoms with van der Waals surface area (Å²) >= 11 is 0. The van der Waals surface area contributed by atoms with Gasteiger partial charge >= 0.3 is 0 Å². The van der Waals surface area contributed by atoms with Gasteiger partial charge in [-0.1, -0.05) is 18.2 Å². The summed E-state index contributed by atoms with van der Waals surface area (Å²) in [6, 6.07) is 13.7. The Morgan fingerprint density at radius 2 is 1.88 bits per heavy atom. The van der Waals surface area contributed by atoms with Crippen molar-refractivity contribution in [2.45, 2.75) is 12.8 Å². The van der Waals surface area contributed by atoms with Gasteiger partial charge in [0.25, 0.3) is 0 Å². The van der Waals surface area contributed by atoms with E-state index in [0.717, 1.165) is 40.6 Å². The van der Waals surface area contributed by atoms with Crippen molar-refractivity contribution >= 4 is 28.3 Å². The number of benzene rings is 2. The number of nitrogens with two attached hydrogens (primary N) is 1. The van der Waals surface area contributed by atoms with Crippen LogP contribution in [0, 0.1) is 5.92 Å². The summed E-state index contributed by atoms with van der Waals surface area (Å²) in [6.45, 7) is 1.30. The number of nitrogens with one attached hydrogen (secondary N) is 1. The molecule has 6 nitrogen and oxygen atoms in total. The van der Waals surface area contributed by atoms with Crippen molar-refractivity contribution in [3.05, 3.63) is 48.8 Å². The Morgan fingerprint density at radius 3 is 2.73 bits per heavy atom. The Labute approximate surface area is 151 Å². The molecule has 4 rings (SSSR count). The molecule has 1 amide bonds. The smallest absolute Gasteiger partial charge is 0.227 e. The minimum absolute atomic E-state index is 0.0185. The summed E-state index contributed by atoms with van der Waals surface area (Å²) in [5, 5.41) is 3.85. The third-order valence-corrected chi connectivity index (χ3v) is 4.72. The van der Waals surface area contributed by atoms with Crippen LogP contribution in [0.4, 0.5) is 11.5 Å². The van der Waals surface area contributed by atoms with Gasteiger partial charge in [0.2, 0.25) is 5.91 Å². The van der Waals surface area contributed by atoms with Gasteiger partial charge in [-0.3, -0.25) is 4.79 Å². The van der Waals surface area contributed by atoms with Gasteiger partial charge in [0, 0.05) is 30.2 Å². The first-order valence-electron chi connectivity index (χ1n) is 8.70. The molecule has 1 aliphatic heterocycles. The molecule has 1 aliphatic rings. The standard InChI is InChI=1S/C20H20N4O2/c21-19-17-11-15(4-5-18(17)22-12-23-19)14-2-1-3-16(10-14)24-20(25)13-6-8-26-9-7-13/h1-5,10-13H,6-9H2,(H,24,25)(H2,21,22,23). The van der Waals surface area contributed by atoms with Crippen LogP contribution in [0.5, 0.6) is 0 Å². The first kappa shape index (κ1) is 16.5. The lowest BCUT2D eigenvalue weighted by atomic mass is 9.99. The summed E-state index contributed by atoms with van der Waals surface area (Å²) in [7, 11) is 0. The van der Waals surface area contributed by atoms with Gasteiger partial charge < -0.3 is 15.8 Å². The Bertz CT molecular complexity index is 951. The summed E-state index contributed by atoms with van der Waals surface area (Å²) in [6.07, 6.45) is 3.01. The van der Waals surface area contributed by atoms with E-state index in [0.29, 0.717) is 19.0 Å². The lowest BCUT2D eigenvalue weighted by Gasteiger charge is -2.21. The number of anilines is 2. The average Bonchev–Trinajstić information content (AvgIpc) is 2.69. The molecule has 1 saturated heterocycles. The van der Waals surface area contributed by atoms with Crippen molar-refractivity contribution < 1.29 is 9.53 Å². The zero-order chi connectivity index (χ0) is 17.9. The number of nitrogens with zero attached hydrogens (tertiary/aromatic N) is 2. The molecule has 3 aromatic rings. The maximum Gasteiger partial charge on any atom is 0.227 e. The second kappa shape index (κ2) is 7.09. The predicted octanol–water partition coefficient (Wildman–Crippen LogP) is 3.24. The number of hydrogen-bond acceptors (Lipinski definition) is 5. The minimum atomic E-state index is 0.0185. The van der Waals surface area contributed by atoms with Crippen LogP contribution in [0.1, 0.15) is 12.8 Å². The zero-order valence-corrected chi connectivity index (χ0v) is 14.3. The lowest BCUT2D eigenvalue weighted by Crippen LogP contribution is -2.28. The highest BCUT2D eigenvalue weighted by Crippen LogP contribution is 2.28. The van der Waals surface area contributed by atoms with E-state index in [1.807, 2.05) is 42.5 Å². The number of hydrogen-bond donors (Lipinski definition) is 2. The maximum absolute atomic E-state index is 12.4. The Morgan fingerprint density at radius 1 is 1.08 bits per heavy atom. The van der Waals surface area contributed by atoms with E-state index in [2.05, 4.69) is 15.3 Å². The molecule has 132 valence electrons. The van der Waals surface area contributed by atoms with Gasteiger partial charge in [0.15, 0.2) is 0 Å². The fourth-order valence-electron chi connectivity index (χ4n) is 3.24. The largest absolute Gasteiger partial charge is 0.383 e. The van der Waals surface area contributed by atoms with Crippen LogP contribution in [-0.2, 0) is 9.53 Å². The fraction of sp³-hybridized carbons (Fsp3) is 0.250. The number of carbonyl (C=O) groups is 1. The maximum atomic E-state index is 12.4. The number of nitrogen functional groups attached to an aromatic ring is 1. The third-order valence-electron chi connectivity index (χ3n) is 4.72. The van der Waals surface area contributed by atoms with Crippen LogP contribution in [0.3, 0.4) is 0 Å². The summed E-state index contributed by atoms with van der Waals surface area (Å²) in [5.74, 6) is 0.535. The van der Waals surface area contributed by atoms with Crippen molar-refractivity contribution in [2.75, 3.05) is 24.3 Å². The molecule has 0 spiro atoms. The number of rotatable bonds is 3. The molecule has 0 unspecified atom stereocenters. The van der Waals surface area contributed by atoms with E-state index in [-0.39, 0.29) is 11.8 Å². The zero-order valence-electron chi connectivity index (χ0n) is 14.3. The lowest BCUT2D eigenvalue weighted by molar-refractivity contribution is -0.122. The van der Waals surface area contributed by atoms with Crippen LogP contribution in [0.25, 0.3) is 22.0 Å². The molecular weight excluding hydrogens is 328 g/mol. The SMILES string of the molecule is Nc1ncnc2ccc(-c3cccc(NC(=O)C4CCOCC4)c3)cc12. The number of amides is 1. The van der Waals surface area contributed by atoms with Crippen molar-refractivity contribution in [2.24, 2.45) is 5.92 Å². The van der Waals surface area contributed by atoms with E-state index in [1.165, 1.54) is 6.33 Å². The van der Waals surface area contributed by atoms with Gasteiger partial charge in [-0.2, -0.15) is 0 Å². The van der Waals surface area contributed by atoms with Crippen LogP contribution in [0.15, 0.2) is 48.8 Å². The normalized spacial score (nSPS) is 15.1. The topological polar surface area (TPSA) is 90.1 Å². The van der Waals surface area contributed by atoms with E-state index in [4.69, 9.17) is 10.5 Å². The van der Waals surface area contributed by atoms with Crippen molar-refractivity contribution in [1.82, 2.24) is 9.97 Å². The molecule has 2 heterocycles. The second-order valence-corrected chi connectivity index (χ2v) is 6.45. The van der Waals surface area contributed by atoms with Crippen molar-refractivity contribution in [1.29, 1.82) is 0 Å². The Kier molecular flexibility index (Phi) is 4.50. The first-order chi connectivity index (χ1) is 12.7. The molecule has 3 N–H and O–H groups in total. The molecular formula is C20H20N4O2. The molecule has 0 saturated carbocycles. The fourth-order valence-corrected chi connectivity index (χ4v) is 3.24. The second-order valence-electron chi connectivity index (χ2n) is 6.45. The number of fused-ring (bicyclic) bond motifs is 1. The minimum Gasteiger partial charge on any atom is -0.383 e. The molecule has 1 aromatic heterocycles. The van der Waals surface area contributed by atoms with Crippen LogP contribution < -0.4 is 11.1 Å². The Hall–Kier alpha value is -2.99. The summed E-state index contributed by atoms with van der Waals surface area (Å²) < 4.78 is 5.32. The van der Waals surface area contributed by atoms with Gasteiger partial charge in [-0.05, 0) is 48.2 Å². The highest BCUT2D eigenvalue weighted by Gasteiger charge is 2.21. The molecule has 1 fully saturated rings. The first-order valence-corrected chi connectivity index (χ1v) is 8.70. The summed E-state index contributed by atoms with van der Waals surface area (Å²) in [5.41, 5.74) is 9.56. The molecule has 0 bridgehead atoms. The predicted molar refractivity (Wildman–Crippen MR) is 102 cm³/mol. The highest BCUT2D eigenvalue weighted by atomic mass is 16.5. The number of carbonyl (C=O) groups excluding carboxylic acids is 1. The summed E-state index contributed by atoms with van der Waals surface area (Å²) in [4.78, 5) is 20.7. The number of aromatic nitrogens is 2. The van der Waals surface area contributed by atoms with Gasteiger partial charge in [0.05, 0.1) is 5.52 Å². The molecule has 0 radical (unpaired) electrons. The van der Waals surface area contributed by atoms with Crippen molar-refractivity contribution in [3.63, 3.8) is 0 Å². The van der Waals surface area contributed by atoms with Crippen LogP contribution in [0.2, 0.25) is 0 Å². The quantitative estimate of drug-likeness (QED) is 0.758. The molecule has 6 heteroatoms. The third kappa shape index (κ3) is 3.36. The van der Waals surface area contributed by atoms with E-state index in [9.17, 15) is 4.79 Å². The van der Waals surface area contributed by atoms with Crippen LogP contribution >= 0.6 is 0 Å². The molecule has 26 heavy (non-hydrogen) atoms. The Balaban J connectivity index is 1.59.